The zero-order valence-corrected chi connectivity index (χ0v) is 11.6. The van der Waals surface area contributed by atoms with Gasteiger partial charge in [-0.2, -0.15) is 4.31 Å². The van der Waals surface area contributed by atoms with Crippen LogP contribution in [0.4, 0.5) is 4.39 Å². The molecule has 19 heavy (non-hydrogen) atoms. The Balaban J connectivity index is 2.23. The minimum Gasteiger partial charge on any atom is -0.381 e. The third-order valence-corrected chi connectivity index (χ3v) is 5.02. The molecule has 0 aliphatic carbocycles. The van der Waals surface area contributed by atoms with Gasteiger partial charge in [-0.25, -0.2) is 17.8 Å². The molecule has 2 rings (SSSR count). The minimum absolute atomic E-state index is 0.168. The molecule has 1 fully saturated rings. The molecular weight excluding hydrogens is 271 g/mol. The number of pyridine rings is 1. The number of halogens is 1. The van der Waals surface area contributed by atoms with Crippen LogP contribution in [0.5, 0.6) is 0 Å². The zero-order valence-electron chi connectivity index (χ0n) is 10.8. The van der Waals surface area contributed by atoms with Gasteiger partial charge in [0.05, 0.1) is 6.61 Å². The van der Waals surface area contributed by atoms with Crippen molar-refractivity contribution >= 4 is 10.0 Å². The second-order valence-electron chi connectivity index (χ2n) is 4.48. The standard InChI is InChI=1S/C12H17FN2O3S/c1-2-15(8-10-5-7-18-9-10)19(16,17)12-11(13)4-3-6-14-12/h3-4,6,10H,2,5,7-9H2,1H3. The first-order valence-electron chi connectivity index (χ1n) is 6.24. The smallest absolute Gasteiger partial charge is 0.263 e. The fourth-order valence-electron chi connectivity index (χ4n) is 2.10. The number of aromatic nitrogens is 1. The summed E-state index contributed by atoms with van der Waals surface area (Å²) in [4.78, 5) is 3.66. The van der Waals surface area contributed by atoms with Crippen molar-refractivity contribution in [2.24, 2.45) is 5.92 Å². The molecule has 0 N–H and O–H groups in total. The van der Waals surface area contributed by atoms with Crippen LogP contribution in [-0.2, 0) is 14.8 Å². The van der Waals surface area contributed by atoms with E-state index >= 15 is 0 Å². The Morgan fingerprint density at radius 2 is 2.37 bits per heavy atom. The van der Waals surface area contributed by atoms with Crippen molar-refractivity contribution in [1.29, 1.82) is 0 Å². The molecular formula is C12H17FN2O3S. The Bertz CT molecular complexity index is 530. The van der Waals surface area contributed by atoms with E-state index in [1.165, 1.54) is 16.6 Å². The average molecular weight is 288 g/mol. The third kappa shape index (κ3) is 3.10. The minimum atomic E-state index is -3.88. The maximum atomic E-state index is 13.6. The fraction of sp³-hybridized carbons (Fsp3) is 0.583. The van der Waals surface area contributed by atoms with Crippen LogP contribution < -0.4 is 0 Å². The molecule has 1 aliphatic rings. The summed E-state index contributed by atoms with van der Waals surface area (Å²) in [5.74, 6) is -0.648. The van der Waals surface area contributed by atoms with Crippen LogP contribution in [0.1, 0.15) is 13.3 Å². The molecule has 0 bridgehead atoms. The van der Waals surface area contributed by atoms with Gasteiger partial charge < -0.3 is 4.74 Å². The lowest BCUT2D eigenvalue weighted by atomic mass is 10.1. The Morgan fingerprint density at radius 1 is 1.58 bits per heavy atom. The number of sulfonamides is 1. The summed E-state index contributed by atoms with van der Waals surface area (Å²) >= 11 is 0. The lowest BCUT2D eigenvalue weighted by Crippen LogP contribution is -2.36. The molecule has 1 atom stereocenters. The number of nitrogens with zero attached hydrogens (tertiary/aromatic N) is 2. The normalized spacial score (nSPS) is 20.1. The van der Waals surface area contributed by atoms with Crippen LogP contribution in [0.3, 0.4) is 0 Å². The van der Waals surface area contributed by atoms with Gasteiger partial charge in [-0.1, -0.05) is 6.92 Å². The molecule has 0 radical (unpaired) electrons. The summed E-state index contributed by atoms with van der Waals surface area (Å²) in [5, 5.41) is -0.504. The SMILES string of the molecule is CCN(CC1CCOC1)S(=O)(=O)c1ncccc1F. The molecule has 1 aliphatic heterocycles. The third-order valence-electron chi connectivity index (χ3n) is 3.15. The zero-order chi connectivity index (χ0) is 13.9. The van der Waals surface area contributed by atoms with Gasteiger partial charge in [0.1, 0.15) is 0 Å². The highest BCUT2D eigenvalue weighted by Gasteiger charge is 2.30. The van der Waals surface area contributed by atoms with Crippen LogP contribution in [-0.4, -0.2) is 44.0 Å². The molecule has 1 saturated heterocycles. The van der Waals surface area contributed by atoms with E-state index in [1.807, 2.05) is 0 Å². The Hall–Kier alpha value is -1.05. The molecule has 0 aromatic carbocycles. The van der Waals surface area contributed by atoms with Crippen LogP contribution in [0, 0.1) is 11.7 Å². The molecule has 7 heteroatoms. The second kappa shape index (κ2) is 5.94. The Kier molecular flexibility index (Phi) is 4.49. The molecule has 5 nitrogen and oxygen atoms in total. The summed E-state index contributed by atoms with van der Waals surface area (Å²) in [6, 6.07) is 2.47. The van der Waals surface area contributed by atoms with Crippen LogP contribution in [0.2, 0.25) is 0 Å². The summed E-state index contributed by atoms with van der Waals surface area (Å²) in [7, 11) is -3.88. The van der Waals surface area contributed by atoms with E-state index < -0.39 is 20.9 Å². The molecule has 1 unspecified atom stereocenters. The van der Waals surface area contributed by atoms with Gasteiger partial charge in [-0.05, 0) is 24.5 Å². The summed E-state index contributed by atoms with van der Waals surface area (Å²) in [6.07, 6.45) is 2.11. The maximum Gasteiger partial charge on any atom is 0.263 e. The predicted octanol–water partition coefficient (Wildman–Crippen LogP) is 1.27. The monoisotopic (exact) mass is 288 g/mol. The summed E-state index contributed by atoms with van der Waals surface area (Å²) < 4.78 is 44.8. The molecule has 1 aromatic rings. The number of ether oxygens (including phenoxy) is 1. The van der Waals surface area contributed by atoms with Crippen molar-refractivity contribution in [2.75, 3.05) is 26.3 Å². The van der Waals surface area contributed by atoms with E-state index in [1.54, 1.807) is 6.92 Å². The average Bonchev–Trinajstić information content (AvgIpc) is 2.89. The largest absolute Gasteiger partial charge is 0.381 e. The van der Waals surface area contributed by atoms with E-state index in [-0.39, 0.29) is 12.5 Å². The van der Waals surface area contributed by atoms with Crippen molar-refractivity contribution in [2.45, 2.75) is 18.4 Å². The van der Waals surface area contributed by atoms with Crippen LogP contribution in [0.25, 0.3) is 0 Å². The second-order valence-corrected chi connectivity index (χ2v) is 6.33. The molecule has 0 amide bonds. The van der Waals surface area contributed by atoms with Gasteiger partial charge in [0, 0.05) is 25.9 Å². The first kappa shape index (κ1) is 14.4. The van der Waals surface area contributed by atoms with Crippen molar-refractivity contribution in [3.8, 4) is 0 Å². The lowest BCUT2D eigenvalue weighted by molar-refractivity contribution is 0.180. The molecule has 0 spiro atoms. The van der Waals surface area contributed by atoms with Gasteiger partial charge in [0.25, 0.3) is 10.0 Å². The molecule has 0 saturated carbocycles. The fourth-order valence-corrected chi connectivity index (χ4v) is 3.60. The van der Waals surface area contributed by atoms with Gasteiger partial charge >= 0.3 is 0 Å². The van der Waals surface area contributed by atoms with Crippen LogP contribution >= 0.6 is 0 Å². The van der Waals surface area contributed by atoms with Crippen molar-refractivity contribution in [3.05, 3.63) is 24.1 Å². The number of hydrogen-bond acceptors (Lipinski definition) is 4. The highest BCUT2D eigenvalue weighted by molar-refractivity contribution is 7.89. The highest BCUT2D eigenvalue weighted by atomic mass is 32.2. The van der Waals surface area contributed by atoms with Crippen molar-refractivity contribution in [3.63, 3.8) is 0 Å². The number of hydrogen-bond donors (Lipinski definition) is 0. The van der Waals surface area contributed by atoms with Gasteiger partial charge in [-0.15, -0.1) is 0 Å². The van der Waals surface area contributed by atoms with Crippen LogP contribution in [0.15, 0.2) is 23.4 Å². The Morgan fingerprint density at radius 3 is 2.95 bits per heavy atom. The molecule has 2 heterocycles. The van der Waals surface area contributed by atoms with Crippen molar-refractivity contribution < 1.29 is 17.5 Å². The summed E-state index contributed by atoms with van der Waals surface area (Å²) in [6.45, 7) is 3.56. The van der Waals surface area contributed by atoms with E-state index in [9.17, 15) is 12.8 Å². The Labute approximate surface area is 112 Å². The molecule has 1 aromatic heterocycles. The maximum absolute atomic E-state index is 13.6. The topological polar surface area (TPSA) is 59.5 Å². The van der Waals surface area contributed by atoms with Gasteiger partial charge in [0.2, 0.25) is 5.03 Å². The van der Waals surface area contributed by atoms with Crippen molar-refractivity contribution in [1.82, 2.24) is 9.29 Å². The summed E-state index contributed by atoms with van der Waals surface area (Å²) in [5.41, 5.74) is 0. The quantitative estimate of drug-likeness (QED) is 0.818. The number of rotatable bonds is 5. The highest BCUT2D eigenvalue weighted by Crippen LogP contribution is 2.20. The predicted molar refractivity (Wildman–Crippen MR) is 67.6 cm³/mol. The van der Waals surface area contributed by atoms with E-state index in [2.05, 4.69) is 4.98 Å². The first-order valence-corrected chi connectivity index (χ1v) is 7.68. The van der Waals surface area contributed by atoms with E-state index in [4.69, 9.17) is 4.74 Å². The van der Waals surface area contributed by atoms with E-state index in [0.717, 1.165) is 12.5 Å². The van der Waals surface area contributed by atoms with Gasteiger partial charge in [-0.3, -0.25) is 0 Å². The van der Waals surface area contributed by atoms with Gasteiger partial charge in [0.15, 0.2) is 5.82 Å². The first-order chi connectivity index (χ1) is 9.05. The van der Waals surface area contributed by atoms with E-state index in [0.29, 0.717) is 19.8 Å². The lowest BCUT2D eigenvalue weighted by Gasteiger charge is -2.22. The molecule has 106 valence electrons.